The fourth-order valence-corrected chi connectivity index (χ4v) is 9.19. The molecule has 0 amide bonds. The van der Waals surface area contributed by atoms with Gasteiger partial charge in [-0.1, -0.05) is 115 Å². The largest absolute Gasteiger partial charge is 0.456 e. The monoisotopic (exact) mass is 677 g/mol. The number of thiophene rings is 1. The quantitative estimate of drug-likeness (QED) is 0.173. The van der Waals surface area contributed by atoms with Crippen molar-refractivity contribution in [3.05, 3.63) is 168 Å². The van der Waals surface area contributed by atoms with E-state index in [1.54, 1.807) is 0 Å². The Morgan fingerprint density at radius 1 is 0.431 bits per heavy atom. The van der Waals surface area contributed by atoms with E-state index in [9.17, 15) is 0 Å². The summed E-state index contributed by atoms with van der Waals surface area (Å²) in [6.07, 6.45) is -0.293. The Morgan fingerprint density at radius 3 is 1.96 bits per heavy atom. The first-order valence-corrected chi connectivity index (χ1v) is 18.2. The highest BCUT2D eigenvalue weighted by Gasteiger charge is 2.31. The third-order valence-corrected chi connectivity index (χ3v) is 11.7. The highest BCUT2D eigenvalue weighted by atomic mass is 32.1. The first kappa shape index (κ1) is 29.0. The molecule has 1 aliphatic heterocycles. The summed E-state index contributed by atoms with van der Waals surface area (Å²) in [5, 5.41) is 18.8. The number of para-hydroxylation sites is 3. The van der Waals surface area contributed by atoms with Gasteiger partial charge in [0.1, 0.15) is 22.3 Å². The van der Waals surface area contributed by atoms with Gasteiger partial charge >= 0.3 is 0 Å². The van der Waals surface area contributed by atoms with Gasteiger partial charge in [-0.3, -0.25) is 16.0 Å². The van der Waals surface area contributed by atoms with E-state index in [2.05, 4.69) is 143 Å². The summed E-state index contributed by atoms with van der Waals surface area (Å²) < 4.78 is 15.1. The van der Waals surface area contributed by atoms with Crippen LogP contribution in [-0.4, -0.2) is 0 Å². The van der Waals surface area contributed by atoms with Crippen LogP contribution < -0.4 is 16.0 Å². The fraction of sp³-hybridized carbons (Fsp3) is 0.0667. The smallest absolute Gasteiger partial charge is 0.143 e. The fourth-order valence-electron chi connectivity index (χ4n) is 7.97. The van der Waals surface area contributed by atoms with Gasteiger partial charge in [-0.15, -0.1) is 11.3 Å². The molecule has 5 nitrogen and oxygen atoms in total. The Bertz CT molecular complexity index is 2940. The summed E-state index contributed by atoms with van der Waals surface area (Å²) in [7, 11) is 0. The molecule has 3 aromatic heterocycles. The molecule has 0 radical (unpaired) electrons. The van der Waals surface area contributed by atoms with Gasteiger partial charge in [0.25, 0.3) is 0 Å². The summed E-state index contributed by atoms with van der Waals surface area (Å²) in [4.78, 5) is 0. The molecule has 1 saturated heterocycles. The van der Waals surface area contributed by atoms with Crippen LogP contribution in [0.5, 0.6) is 0 Å². The lowest BCUT2D eigenvalue weighted by molar-refractivity contribution is 0.204. The first-order chi connectivity index (χ1) is 25.2. The van der Waals surface area contributed by atoms with E-state index >= 15 is 0 Å². The predicted octanol–water partition coefficient (Wildman–Crippen LogP) is 11.7. The molecule has 3 unspecified atom stereocenters. The molecule has 7 aromatic carbocycles. The van der Waals surface area contributed by atoms with E-state index in [0.29, 0.717) is 0 Å². The number of hydrogen-bond acceptors (Lipinski definition) is 6. The Labute approximate surface area is 297 Å². The van der Waals surface area contributed by atoms with E-state index in [1.807, 2.05) is 35.6 Å². The van der Waals surface area contributed by atoms with Crippen molar-refractivity contribution < 1.29 is 8.83 Å². The van der Waals surface area contributed by atoms with Crippen LogP contribution in [0.15, 0.2) is 160 Å². The Morgan fingerprint density at radius 2 is 1.10 bits per heavy atom. The van der Waals surface area contributed by atoms with Crippen LogP contribution in [0.1, 0.15) is 35.2 Å². The molecule has 0 spiro atoms. The molecule has 3 atom stereocenters. The molecular weight excluding hydrogens is 647 g/mol. The Hall–Kier alpha value is -5.76. The molecule has 11 rings (SSSR count). The zero-order chi connectivity index (χ0) is 33.5. The van der Waals surface area contributed by atoms with Crippen molar-refractivity contribution in [2.45, 2.75) is 18.5 Å². The van der Waals surface area contributed by atoms with Gasteiger partial charge in [0.05, 0.1) is 18.5 Å². The van der Waals surface area contributed by atoms with Gasteiger partial charge in [-0.05, 0) is 53.1 Å². The highest BCUT2D eigenvalue weighted by molar-refractivity contribution is 7.26. The second-order valence-corrected chi connectivity index (χ2v) is 14.4. The number of fused-ring (bicyclic) bond motifs is 9. The average Bonchev–Trinajstić information content (AvgIpc) is 3.89. The van der Waals surface area contributed by atoms with Crippen molar-refractivity contribution in [2.24, 2.45) is 0 Å². The van der Waals surface area contributed by atoms with Gasteiger partial charge in [0, 0.05) is 52.8 Å². The maximum absolute atomic E-state index is 6.43. The Kier molecular flexibility index (Phi) is 6.48. The summed E-state index contributed by atoms with van der Waals surface area (Å²) in [6.45, 7) is 0. The number of rotatable bonds is 4. The second kappa shape index (κ2) is 11.4. The minimum absolute atomic E-state index is 0.0697. The SMILES string of the molecule is c1ccc(C2NC(c3ccc4oc5ccccc5c4c3)NC(c3cccc4c3sc3ccc(-c5cccc6c5oc5ccccc56)cc34)N2)cc1. The van der Waals surface area contributed by atoms with Crippen molar-refractivity contribution in [1.29, 1.82) is 0 Å². The van der Waals surface area contributed by atoms with Crippen LogP contribution in [0.25, 0.3) is 75.2 Å². The maximum Gasteiger partial charge on any atom is 0.143 e. The lowest BCUT2D eigenvalue weighted by atomic mass is 9.99. The lowest BCUT2D eigenvalue weighted by Gasteiger charge is -2.39. The topological polar surface area (TPSA) is 62.4 Å². The molecule has 1 aliphatic rings. The first-order valence-electron chi connectivity index (χ1n) is 17.4. The average molecular weight is 678 g/mol. The van der Waals surface area contributed by atoms with Crippen LogP contribution in [0, 0.1) is 0 Å². The summed E-state index contributed by atoms with van der Waals surface area (Å²) in [5.74, 6) is 0. The molecule has 0 aliphatic carbocycles. The van der Waals surface area contributed by atoms with Gasteiger partial charge in [-0.25, -0.2) is 0 Å². The van der Waals surface area contributed by atoms with Gasteiger partial charge in [0.15, 0.2) is 0 Å². The van der Waals surface area contributed by atoms with E-state index in [0.717, 1.165) is 60.6 Å². The van der Waals surface area contributed by atoms with Crippen molar-refractivity contribution in [1.82, 2.24) is 16.0 Å². The van der Waals surface area contributed by atoms with Crippen molar-refractivity contribution in [2.75, 3.05) is 0 Å². The predicted molar refractivity (Wildman–Crippen MR) is 210 cm³/mol. The molecule has 6 heteroatoms. The van der Waals surface area contributed by atoms with Crippen LogP contribution in [0.4, 0.5) is 0 Å². The van der Waals surface area contributed by atoms with Crippen LogP contribution in [-0.2, 0) is 0 Å². The maximum atomic E-state index is 6.43. The van der Waals surface area contributed by atoms with E-state index in [1.165, 1.54) is 31.3 Å². The number of benzene rings is 7. The molecule has 4 heterocycles. The number of hydrogen-bond donors (Lipinski definition) is 3. The molecular formula is C45H31N3O2S. The standard InChI is InChI=1S/C45H31N3O2S/c1-2-10-26(11-3-1)43-46-44(28-20-22-39-35(25-28)31-13-5-6-18-37(31)49-39)48-45(47-43)34-17-9-16-33-36-24-27(21-23-40(36)51-42(33)34)29-14-8-15-32-30-12-4-7-19-38(30)50-41(29)32/h1-25,43-48H. The van der Waals surface area contributed by atoms with Crippen LogP contribution in [0.2, 0.25) is 0 Å². The highest BCUT2D eigenvalue weighted by Crippen LogP contribution is 2.43. The van der Waals surface area contributed by atoms with Gasteiger partial charge < -0.3 is 8.83 Å². The minimum Gasteiger partial charge on any atom is -0.456 e. The Balaban J connectivity index is 1.02. The zero-order valence-electron chi connectivity index (χ0n) is 27.4. The molecule has 3 N–H and O–H groups in total. The zero-order valence-corrected chi connectivity index (χ0v) is 28.2. The van der Waals surface area contributed by atoms with Crippen molar-refractivity contribution in [3.63, 3.8) is 0 Å². The number of nitrogens with one attached hydrogen (secondary N) is 3. The van der Waals surface area contributed by atoms with Gasteiger partial charge in [-0.2, -0.15) is 0 Å². The molecule has 10 aromatic rings. The van der Waals surface area contributed by atoms with Gasteiger partial charge in [0.2, 0.25) is 0 Å². The van der Waals surface area contributed by atoms with Crippen LogP contribution >= 0.6 is 11.3 Å². The van der Waals surface area contributed by atoms with Crippen LogP contribution in [0.3, 0.4) is 0 Å². The molecule has 0 bridgehead atoms. The summed E-state index contributed by atoms with van der Waals surface area (Å²) in [6, 6.07) is 53.7. The lowest BCUT2D eigenvalue weighted by Crippen LogP contribution is -2.54. The van der Waals surface area contributed by atoms with E-state index in [-0.39, 0.29) is 18.5 Å². The van der Waals surface area contributed by atoms with Crippen molar-refractivity contribution in [3.8, 4) is 11.1 Å². The van der Waals surface area contributed by atoms with E-state index in [4.69, 9.17) is 8.83 Å². The van der Waals surface area contributed by atoms with Crippen molar-refractivity contribution >= 4 is 75.4 Å². The minimum atomic E-state index is -0.112. The third-order valence-electron chi connectivity index (χ3n) is 10.4. The second-order valence-electron chi connectivity index (χ2n) is 13.4. The van der Waals surface area contributed by atoms with E-state index < -0.39 is 0 Å². The normalized spacial score (nSPS) is 18.2. The molecule has 244 valence electrons. The molecule has 1 fully saturated rings. The number of furan rings is 2. The summed E-state index contributed by atoms with van der Waals surface area (Å²) >= 11 is 1.86. The summed E-state index contributed by atoms with van der Waals surface area (Å²) in [5.41, 5.74) is 9.50. The molecule has 0 saturated carbocycles. The third kappa shape index (κ3) is 4.65. The molecule has 51 heavy (non-hydrogen) atoms.